The molecule has 0 atom stereocenters. The van der Waals surface area contributed by atoms with Gasteiger partial charge >= 0.3 is 0 Å². The van der Waals surface area contributed by atoms with E-state index in [-0.39, 0.29) is 2.85 Å². The second-order valence-corrected chi connectivity index (χ2v) is 10.0. The number of furan rings is 1. The Hall–Kier alpha value is -4.19. The number of piperazine rings is 1. The van der Waals surface area contributed by atoms with Crippen molar-refractivity contribution in [2.45, 2.75) is 26.8 Å². The smallest absolute Gasteiger partial charge is 0.170 e. The van der Waals surface area contributed by atoms with Crippen LogP contribution in [0.2, 0.25) is 0 Å². The first-order chi connectivity index (χ1) is 18.5. The Morgan fingerprint density at radius 1 is 1.03 bits per heavy atom. The van der Waals surface area contributed by atoms with Crippen molar-refractivity contribution in [1.82, 2.24) is 30.2 Å². The predicted molar refractivity (Wildman–Crippen MR) is 155 cm³/mol. The van der Waals surface area contributed by atoms with E-state index in [1.165, 1.54) is 11.1 Å². The van der Waals surface area contributed by atoms with E-state index in [4.69, 9.17) is 9.40 Å². The molecule has 0 radical (unpaired) electrons. The van der Waals surface area contributed by atoms with E-state index in [2.05, 4.69) is 87.5 Å². The molecule has 3 aromatic heterocycles. The van der Waals surface area contributed by atoms with E-state index in [9.17, 15) is 0 Å². The normalized spacial score (nSPS) is 14.6. The van der Waals surface area contributed by atoms with Gasteiger partial charge in [-0.1, -0.05) is 18.9 Å². The van der Waals surface area contributed by atoms with Crippen LogP contribution in [0.25, 0.3) is 22.0 Å². The molecule has 2 N–H and O–H groups in total. The first-order valence-electron chi connectivity index (χ1n) is 13.1. The molecule has 5 aromatic rings. The average molecular weight is 510 g/mol. The summed E-state index contributed by atoms with van der Waals surface area (Å²) < 4.78 is 6.02. The number of hydrogen-bond donors (Lipinski definition) is 2. The molecule has 4 heterocycles. The molecule has 0 bridgehead atoms. The fraction of sp³-hybridized carbons (Fsp3) is 0.300. The Labute approximate surface area is 225 Å². The molecule has 1 saturated heterocycles. The number of aryl methyl sites for hydroxylation is 2. The Morgan fingerprint density at radius 3 is 2.71 bits per heavy atom. The zero-order chi connectivity index (χ0) is 26.1. The van der Waals surface area contributed by atoms with Crippen molar-refractivity contribution >= 4 is 33.4 Å². The number of hydrogen-bond acceptors (Lipinski definition) is 7. The Bertz CT molecular complexity index is 1680. The Balaban J connectivity index is 0.00000185. The summed E-state index contributed by atoms with van der Waals surface area (Å²) in [5.74, 6) is 6.45. The summed E-state index contributed by atoms with van der Waals surface area (Å²) in [6.45, 7) is 9.64. The van der Waals surface area contributed by atoms with Crippen LogP contribution < -0.4 is 5.32 Å². The standard InChI is InChI=1S/C30H31N7O.2H2/c1-4-23-17-25-29(32-24-14-20(2)13-22(15-24)18-37-11-9-36(3)10-12-37)19-38-30(25)27(31-23)8-6-21-5-7-26-28(16-21)34-35-33-26;;/h5,7,13-17,19,32H,4,9-12,18H2,1-3H3,(H,33,34,35);2*1H. The Morgan fingerprint density at radius 2 is 1.87 bits per heavy atom. The number of nitrogens with zero attached hydrogens (tertiary/aromatic N) is 5. The summed E-state index contributed by atoms with van der Waals surface area (Å²) in [4.78, 5) is 9.68. The van der Waals surface area contributed by atoms with Crippen molar-refractivity contribution < 1.29 is 7.27 Å². The molecule has 196 valence electrons. The average Bonchev–Trinajstić information content (AvgIpc) is 3.55. The lowest BCUT2D eigenvalue weighted by atomic mass is 10.1. The molecule has 2 aromatic carbocycles. The van der Waals surface area contributed by atoms with Crippen LogP contribution in [0.5, 0.6) is 0 Å². The molecule has 8 heteroatoms. The van der Waals surface area contributed by atoms with Gasteiger partial charge in [-0.2, -0.15) is 15.4 Å². The lowest BCUT2D eigenvalue weighted by molar-refractivity contribution is 0.148. The summed E-state index contributed by atoms with van der Waals surface area (Å²) in [7, 11) is 2.19. The topological polar surface area (TPSA) is 86.1 Å². The highest BCUT2D eigenvalue weighted by atomic mass is 16.3. The number of fused-ring (bicyclic) bond motifs is 2. The number of benzene rings is 2. The molecule has 0 unspecified atom stereocenters. The van der Waals surface area contributed by atoms with E-state index in [0.717, 1.165) is 78.2 Å². The van der Waals surface area contributed by atoms with Crippen molar-refractivity contribution in [3.05, 3.63) is 76.8 Å². The minimum Gasteiger partial charge on any atom is -0.459 e. The SMILES string of the molecule is CCc1cc2c(Nc3cc(C)cc(CN4CCN(C)CC4)c3)coc2c(C#Cc2ccc3n[nH]nc3c2)n1.[HH].[HH]. The summed E-state index contributed by atoms with van der Waals surface area (Å²) in [6.07, 6.45) is 2.57. The lowest BCUT2D eigenvalue weighted by Gasteiger charge is -2.32. The minimum absolute atomic E-state index is 0. The third-order valence-electron chi connectivity index (χ3n) is 7.03. The number of rotatable bonds is 5. The van der Waals surface area contributed by atoms with Crippen molar-refractivity contribution in [3.8, 4) is 11.8 Å². The van der Waals surface area contributed by atoms with Crippen LogP contribution in [0.15, 0.2) is 53.1 Å². The molecule has 1 aliphatic heterocycles. The van der Waals surface area contributed by atoms with E-state index < -0.39 is 0 Å². The van der Waals surface area contributed by atoms with Gasteiger partial charge in [0.1, 0.15) is 17.3 Å². The van der Waals surface area contributed by atoms with Gasteiger partial charge in [0.25, 0.3) is 0 Å². The molecular formula is C30H35N7O. The number of aromatic nitrogens is 4. The lowest BCUT2D eigenvalue weighted by Crippen LogP contribution is -2.43. The zero-order valence-corrected chi connectivity index (χ0v) is 22.0. The van der Waals surface area contributed by atoms with Gasteiger partial charge in [0.05, 0.1) is 5.69 Å². The van der Waals surface area contributed by atoms with Crippen molar-refractivity contribution in [2.24, 2.45) is 0 Å². The maximum Gasteiger partial charge on any atom is 0.170 e. The zero-order valence-electron chi connectivity index (χ0n) is 22.0. The summed E-state index contributed by atoms with van der Waals surface area (Å²) in [6, 6.07) is 14.5. The van der Waals surface area contributed by atoms with Gasteiger partial charge in [0.15, 0.2) is 11.3 Å². The van der Waals surface area contributed by atoms with Gasteiger partial charge < -0.3 is 14.6 Å². The first kappa shape index (κ1) is 24.2. The maximum atomic E-state index is 6.02. The van der Waals surface area contributed by atoms with Crippen LogP contribution in [0.1, 0.15) is 37.9 Å². The number of nitrogens with one attached hydrogen (secondary N) is 2. The number of H-pyrrole nitrogens is 1. The van der Waals surface area contributed by atoms with Crippen LogP contribution in [-0.2, 0) is 13.0 Å². The van der Waals surface area contributed by atoms with E-state index in [1.54, 1.807) is 6.26 Å². The predicted octanol–water partition coefficient (Wildman–Crippen LogP) is 5.35. The van der Waals surface area contributed by atoms with E-state index in [1.807, 2.05) is 18.2 Å². The van der Waals surface area contributed by atoms with Gasteiger partial charge in [-0.25, -0.2) is 4.98 Å². The quantitative estimate of drug-likeness (QED) is 0.309. The third-order valence-corrected chi connectivity index (χ3v) is 7.03. The highest BCUT2D eigenvalue weighted by Gasteiger charge is 2.16. The molecule has 0 amide bonds. The van der Waals surface area contributed by atoms with Crippen LogP contribution >= 0.6 is 0 Å². The fourth-order valence-electron chi connectivity index (χ4n) is 4.94. The molecule has 38 heavy (non-hydrogen) atoms. The summed E-state index contributed by atoms with van der Waals surface area (Å²) >= 11 is 0. The monoisotopic (exact) mass is 509 g/mol. The van der Waals surface area contributed by atoms with E-state index in [0.29, 0.717) is 11.3 Å². The number of pyridine rings is 1. The maximum absolute atomic E-state index is 6.02. The highest BCUT2D eigenvalue weighted by Crippen LogP contribution is 2.32. The van der Waals surface area contributed by atoms with Crippen LogP contribution in [0.3, 0.4) is 0 Å². The second kappa shape index (κ2) is 10.3. The van der Waals surface area contributed by atoms with Crippen molar-refractivity contribution in [1.29, 1.82) is 0 Å². The van der Waals surface area contributed by atoms with Crippen molar-refractivity contribution in [2.75, 3.05) is 38.5 Å². The molecule has 0 aliphatic carbocycles. The van der Waals surface area contributed by atoms with Gasteiger partial charge in [0.2, 0.25) is 0 Å². The fourth-order valence-corrected chi connectivity index (χ4v) is 4.94. The molecule has 8 nitrogen and oxygen atoms in total. The minimum atomic E-state index is 0. The molecule has 1 fully saturated rings. The first-order valence-corrected chi connectivity index (χ1v) is 13.1. The van der Waals surface area contributed by atoms with Gasteiger partial charge in [0, 0.05) is 57.9 Å². The largest absolute Gasteiger partial charge is 0.459 e. The molecule has 0 spiro atoms. The van der Waals surface area contributed by atoms with Crippen LogP contribution in [-0.4, -0.2) is 63.4 Å². The highest BCUT2D eigenvalue weighted by molar-refractivity contribution is 5.95. The van der Waals surface area contributed by atoms with E-state index >= 15 is 0 Å². The Kier molecular flexibility index (Phi) is 6.54. The third kappa shape index (κ3) is 5.12. The molecule has 1 aliphatic rings. The number of likely N-dealkylation sites (N-methyl/N-ethyl adjacent to an activating group) is 1. The molecule has 0 saturated carbocycles. The molecule has 6 rings (SSSR count). The number of anilines is 2. The van der Waals surface area contributed by atoms with Crippen LogP contribution in [0, 0.1) is 18.8 Å². The van der Waals surface area contributed by atoms with Gasteiger partial charge in [-0.15, -0.1) is 0 Å². The molecular weight excluding hydrogens is 474 g/mol. The van der Waals surface area contributed by atoms with Gasteiger partial charge in [-0.05, 0) is 73.8 Å². The second-order valence-electron chi connectivity index (χ2n) is 10.0. The summed E-state index contributed by atoms with van der Waals surface area (Å²) in [5.41, 5.74) is 9.26. The summed E-state index contributed by atoms with van der Waals surface area (Å²) in [5, 5.41) is 15.5. The van der Waals surface area contributed by atoms with Gasteiger partial charge in [-0.3, -0.25) is 4.90 Å². The van der Waals surface area contributed by atoms with Crippen molar-refractivity contribution in [3.63, 3.8) is 0 Å². The van der Waals surface area contributed by atoms with Crippen LogP contribution in [0.4, 0.5) is 11.4 Å². The number of aromatic amines is 1.